The van der Waals surface area contributed by atoms with Gasteiger partial charge in [0.2, 0.25) is 17.6 Å². The molecule has 0 spiro atoms. The molecule has 1 saturated carbocycles. The van der Waals surface area contributed by atoms with Gasteiger partial charge in [-0.1, -0.05) is 5.16 Å². The Balaban J connectivity index is 1.64. The Kier molecular flexibility index (Phi) is 6.29. The minimum Gasteiger partial charge on any atom is -0.368 e. The van der Waals surface area contributed by atoms with E-state index < -0.39 is 83.3 Å². The number of Topliss-reactive ketones (excluding diaryl/α,β-unsaturated/α-hetero) is 1. The largest absolute Gasteiger partial charge is 0.522 e. The van der Waals surface area contributed by atoms with Crippen LogP contribution in [-0.2, 0) is 25.3 Å². The number of ether oxygens (including phenoxy) is 1. The van der Waals surface area contributed by atoms with Gasteiger partial charge in [0.15, 0.2) is 11.5 Å². The number of primary amides is 1. The first-order valence-electron chi connectivity index (χ1n) is 10.8. The summed E-state index contributed by atoms with van der Waals surface area (Å²) in [7, 11) is 0. The first kappa shape index (κ1) is 25.9. The van der Waals surface area contributed by atoms with Gasteiger partial charge in [-0.25, -0.2) is 0 Å². The van der Waals surface area contributed by atoms with Crippen LogP contribution in [0.15, 0.2) is 10.6 Å². The molecule has 16 heteroatoms. The number of likely N-dealkylation sites (tertiary alicyclic amines) is 1. The van der Waals surface area contributed by atoms with Crippen LogP contribution in [0.1, 0.15) is 35.5 Å². The van der Waals surface area contributed by atoms with Gasteiger partial charge in [-0.05, 0) is 25.2 Å². The van der Waals surface area contributed by atoms with E-state index in [1.807, 2.05) is 0 Å². The smallest absolute Gasteiger partial charge is 0.368 e. The topological polar surface area (TPSA) is 145 Å². The molecule has 0 radical (unpaired) electrons. The van der Waals surface area contributed by atoms with E-state index >= 15 is 0 Å². The fraction of sp³-hybridized carbons (Fsp3) is 0.650. The van der Waals surface area contributed by atoms with Gasteiger partial charge in [0.1, 0.15) is 12.6 Å². The summed E-state index contributed by atoms with van der Waals surface area (Å²) in [6.07, 6.45) is -9.81. The van der Waals surface area contributed by atoms with Crippen molar-refractivity contribution < 1.29 is 54.8 Å². The van der Waals surface area contributed by atoms with E-state index in [4.69, 9.17) is 5.73 Å². The summed E-state index contributed by atoms with van der Waals surface area (Å²) in [4.78, 5) is 51.4. The van der Waals surface area contributed by atoms with E-state index in [0.29, 0.717) is 12.5 Å². The molecule has 3 N–H and O–H groups in total. The molecule has 4 rings (SSSR count). The molecule has 3 heterocycles. The van der Waals surface area contributed by atoms with Gasteiger partial charge in [-0.2, -0.15) is 13.2 Å². The summed E-state index contributed by atoms with van der Waals surface area (Å²) < 4.78 is 84.6. The highest BCUT2D eigenvalue weighted by molar-refractivity contribution is 5.97. The molecule has 3 fully saturated rings. The summed E-state index contributed by atoms with van der Waals surface area (Å²) in [6.45, 7) is -1.31. The molecule has 3 amide bonds. The summed E-state index contributed by atoms with van der Waals surface area (Å²) in [5.41, 5.74) is 2.66. The molecule has 1 aliphatic carbocycles. The van der Waals surface area contributed by atoms with Gasteiger partial charge in [0.05, 0.1) is 0 Å². The number of fused-ring (bicyclic) bond motifs is 1. The lowest BCUT2D eigenvalue weighted by Crippen LogP contribution is -2.52. The number of amides is 3. The number of hydrogen-bond donors (Lipinski definition) is 2. The Morgan fingerprint density at radius 3 is 2.50 bits per heavy atom. The maximum Gasteiger partial charge on any atom is 0.522 e. The zero-order valence-corrected chi connectivity index (χ0v) is 18.3. The molecule has 3 aliphatic rings. The van der Waals surface area contributed by atoms with Crippen LogP contribution >= 0.6 is 0 Å². The van der Waals surface area contributed by atoms with Gasteiger partial charge in [-0.15, -0.1) is 13.2 Å². The Morgan fingerprint density at radius 2 is 1.97 bits per heavy atom. The molecular weight excluding hydrogens is 506 g/mol. The third-order valence-corrected chi connectivity index (χ3v) is 7.08. The summed E-state index contributed by atoms with van der Waals surface area (Å²) in [5.74, 6) is -7.15. The maximum atomic E-state index is 13.0. The SMILES string of the molecule is NC(=O)C1N(C(=O)c2cc(C(F)(F)F)no2)CC2CC21[C@@H](C[C@H]1CCNC1=O)C(=O)COC(F)(F)F. The standard InChI is InChI=1S/C20H20F6N4O6/c21-19(22,23)13-4-12(36-29-13)17(34)30-6-9-5-18(9,14(30)15(27)32)10(3-8-1-2-28-16(8)33)11(31)7-35-20(24,25)26/h4,8-10,14H,1-3,5-7H2,(H2,27,32)(H,28,33)/t8-,9?,10+,14?,18?/m1/s1. The first-order chi connectivity index (χ1) is 16.6. The van der Waals surface area contributed by atoms with Crippen LogP contribution in [0, 0.1) is 23.2 Å². The third kappa shape index (κ3) is 4.65. The summed E-state index contributed by atoms with van der Waals surface area (Å²) in [6, 6.07) is -1.20. The van der Waals surface area contributed by atoms with Crippen LogP contribution in [0.4, 0.5) is 26.3 Å². The number of aromatic nitrogens is 1. The highest BCUT2D eigenvalue weighted by atomic mass is 19.4. The Hall–Kier alpha value is -3.17. The molecule has 3 unspecified atom stereocenters. The maximum absolute atomic E-state index is 13.0. The van der Waals surface area contributed by atoms with Crippen molar-refractivity contribution in [1.29, 1.82) is 0 Å². The fourth-order valence-electron chi connectivity index (χ4n) is 5.52. The lowest BCUT2D eigenvalue weighted by Gasteiger charge is -2.34. The molecule has 5 atom stereocenters. The lowest BCUT2D eigenvalue weighted by atomic mass is 9.74. The van der Waals surface area contributed by atoms with E-state index in [1.54, 1.807) is 0 Å². The normalized spacial score (nSPS) is 28.6. The quantitative estimate of drug-likeness (QED) is 0.485. The second-order valence-electron chi connectivity index (χ2n) is 9.12. The molecule has 0 bridgehead atoms. The summed E-state index contributed by atoms with van der Waals surface area (Å²) in [5, 5.41) is 5.35. The molecule has 2 saturated heterocycles. The predicted octanol–water partition coefficient (Wildman–Crippen LogP) is 1.26. The number of alkyl halides is 6. The van der Waals surface area contributed by atoms with Crippen LogP contribution < -0.4 is 11.1 Å². The van der Waals surface area contributed by atoms with Crippen LogP contribution in [-0.4, -0.2) is 65.7 Å². The van der Waals surface area contributed by atoms with Crippen molar-refractivity contribution >= 4 is 23.5 Å². The number of ketones is 1. The Labute approximate surface area is 198 Å². The van der Waals surface area contributed by atoms with E-state index in [1.165, 1.54) is 0 Å². The van der Waals surface area contributed by atoms with Crippen molar-refractivity contribution in [3.8, 4) is 0 Å². The minimum absolute atomic E-state index is 0.130. The van der Waals surface area contributed by atoms with Crippen molar-refractivity contribution in [2.75, 3.05) is 19.7 Å². The van der Waals surface area contributed by atoms with Crippen molar-refractivity contribution in [3.05, 3.63) is 17.5 Å². The minimum atomic E-state index is -5.12. The van der Waals surface area contributed by atoms with Crippen molar-refractivity contribution in [2.45, 2.75) is 37.8 Å². The van der Waals surface area contributed by atoms with Gasteiger partial charge in [0, 0.05) is 36.4 Å². The number of nitrogens with zero attached hydrogens (tertiary/aromatic N) is 2. The second-order valence-corrected chi connectivity index (χ2v) is 9.12. The number of halogens is 6. The van der Waals surface area contributed by atoms with Crippen molar-refractivity contribution in [3.63, 3.8) is 0 Å². The predicted molar refractivity (Wildman–Crippen MR) is 102 cm³/mol. The van der Waals surface area contributed by atoms with E-state index in [-0.39, 0.29) is 25.9 Å². The van der Waals surface area contributed by atoms with Crippen molar-refractivity contribution in [1.82, 2.24) is 15.4 Å². The average Bonchev–Trinajstić information content (AvgIpc) is 3.15. The second kappa shape index (κ2) is 8.74. The monoisotopic (exact) mass is 526 g/mol. The first-order valence-corrected chi connectivity index (χ1v) is 10.8. The summed E-state index contributed by atoms with van der Waals surface area (Å²) >= 11 is 0. The number of carbonyl (C=O) groups excluding carboxylic acids is 4. The number of carbonyl (C=O) groups is 4. The number of nitrogens with two attached hydrogens (primary N) is 1. The number of hydrogen-bond acceptors (Lipinski definition) is 7. The number of nitrogens with one attached hydrogen (secondary N) is 1. The van der Waals surface area contributed by atoms with Crippen LogP contribution in [0.3, 0.4) is 0 Å². The van der Waals surface area contributed by atoms with Crippen molar-refractivity contribution in [2.24, 2.45) is 28.9 Å². The fourth-order valence-corrected chi connectivity index (χ4v) is 5.52. The third-order valence-electron chi connectivity index (χ3n) is 7.08. The van der Waals surface area contributed by atoms with Crippen LogP contribution in [0.2, 0.25) is 0 Å². The number of rotatable bonds is 8. The molecule has 1 aromatic heterocycles. The molecule has 198 valence electrons. The van der Waals surface area contributed by atoms with Crippen LogP contribution in [0.25, 0.3) is 0 Å². The van der Waals surface area contributed by atoms with Gasteiger partial charge >= 0.3 is 12.5 Å². The average molecular weight is 526 g/mol. The highest BCUT2D eigenvalue weighted by Gasteiger charge is 2.73. The lowest BCUT2D eigenvalue weighted by molar-refractivity contribution is -0.321. The van der Waals surface area contributed by atoms with E-state index in [9.17, 15) is 45.5 Å². The molecule has 10 nitrogen and oxygen atoms in total. The Bertz CT molecular complexity index is 1090. The molecular formula is C20H20F6N4O6. The molecule has 1 aromatic rings. The molecule has 2 aliphatic heterocycles. The molecule has 36 heavy (non-hydrogen) atoms. The molecule has 0 aromatic carbocycles. The van der Waals surface area contributed by atoms with E-state index in [2.05, 4.69) is 19.7 Å². The zero-order chi connectivity index (χ0) is 26.6. The van der Waals surface area contributed by atoms with Gasteiger partial charge in [-0.3, -0.25) is 23.9 Å². The Morgan fingerprint density at radius 1 is 1.28 bits per heavy atom. The highest BCUT2D eigenvalue weighted by Crippen LogP contribution is 2.67. The van der Waals surface area contributed by atoms with Gasteiger partial charge < -0.3 is 20.5 Å². The van der Waals surface area contributed by atoms with E-state index in [0.717, 1.165) is 4.90 Å². The van der Waals surface area contributed by atoms with Gasteiger partial charge in [0.25, 0.3) is 5.91 Å². The number of piperidine rings is 1. The van der Waals surface area contributed by atoms with Crippen LogP contribution in [0.5, 0.6) is 0 Å². The zero-order valence-electron chi connectivity index (χ0n) is 18.3.